The Labute approximate surface area is 113 Å². The number of nitro groups is 1. The van der Waals surface area contributed by atoms with Crippen LogP contribution in [0.1, 0.15) is 5.56 Å². The lowest BCUT2D eigenvalue weighted by molar-refractivity contribution is -0.385. The van der Waals surface area contributed by atoms with Crippen molar-refractivity contribution in [3.8, 4) is 0 Å². The van der Waals surface area contributed by atoms with E-state index in [-0.39, 0.29) is 5.69 Å². The quantitative estimate of drug-likeness (QED) is 0.520. The van der Waals surface area contributed by atoms with Gasteiger partial charge in [-0.05, 0) is 24.2 Å². The zero-order valence-corrected chi connectivity index (χ0v) is 11.1. The Balaban J connectivity index is 2.31. The molecule has 0 saturated heterocycles. The SMILES string of the molecule is CNc1cc([N+](=O)[O-])cc(Sc2ncc(C)cn2)n1. The Kier molecular flexibility index (Phi) is 3.91. The van der Waals surface area contributed by atoms with Crippen LogP contribution in [0.3, 0.4) is 0 Å². The highest BCUT2D eigenvalue weighted by Crippen LogP contribution is 2.27. The van der Waals surface area contributed by atoms with Gasteiger partial charge in [0.05, 0.1) is 11.0 Å². The van der Waals surface area contributed by atoms with Crippen LogP contribution < -0.4 is 5.32 Å². The highest BCUT2D eigenvalue weighted by molar-refractivity contribution is 7.99. The lowest BCUT2D eigenvalue weighted by Crippen LogP contribution is -1.97. The Morgan fingerprint density at radius 2 is 2.00 bits per heavy atom. The number of anilines is 1. The first kappa shape index (κ1) is 13.2. The number of hydrogen-bond acceptors (Lipinski definition) is 7. The number of aromatic nitrogens is 3. The van der Waals surface area contributed by atoms with Crippen molar-refractivity contribution in [2.45, 2.75) is 17.1 Å². The summed E-state index contributed by atoms with van der Waals surface area (Å²) in [5.41, 5.74) is 0.932. The van der Waals surface area contributed by atoms with Gasteiger partial charge in [-0.2, -0.15) is 0 Å². The van der Waals surface area contributed by atoms with E-state index in [0.29, 0.717) is 16.0 Å². The number of nitrogens with one attached hydrogen (secondary N) is 1. The van der Waals surface area contributed by atoms with Gasteiger partial charge in [-0.15, -0.1) is 0 Å². The highest BCUT2D eigenvalue weighted by Gasteiger charge is 2.12. The van der Waals surface area contributed by atoms with Crippen LogP contribution in [0.4, 0.5) is 11.5 Å². The summed E-state index contributed by atoms with van der Waals surface area (Å²) in [5.74, 6) is 0.434. The zero-order valence-electron chi connectivity index (χ0n) is 10.3. The van der Waals surface area contributed by atoms with Gasteiger partial charge in [0.1, 0.15) is 10.8 Å². The summed E-state index contributed by atoms with van der Waals surface area (Å²) in [6.45, 7) is 1.89. The molecule has 0 fully saturated rings. The molecule has 7 nitrogen and oxygen atoms in total. The lowest BCUT2D eigenvalue weighted by atomic mass is 10.4. The van der Waals surface area contributed by atoms with E-state index in [2.05, 4.69) is 20.3 Å². The van der Waals surface area contributed by atoms with Crippen LogP contribution in [-0.4, -0.2) is 26.9 Å². The minimum atomic E-state index is -0.456. The van der Waals surface area contributed by atoms with Gasteiger partial charge < -0.3 is 5.32 Å². The van der Waals surface area contributed by atoms with Gasteiger partial charge in [-0.1, -0.05) is 0 Å². The van der Waals surface area contributed by atoms with Crippen molar-refractivity contribution in [2.24, 2.45) is 0 Å². The molecular formula is C11H11N5O2S. The van der Waals surface area contributed by atoms with Crippen LogP contribution in [0.5, 0.6) is 0 Å². The molecule has 2 heterocycles. The predicted molar refractivity (Wildman–Crippen MR) is 71.3 cm³/mol. The molecule has 0 aromatic carbocycles. The Hall–Kier alpha value is -2.22. The summed E-state index contributed by atoms with van der Waals surface area (Å²) in [5, 5.41) is 14.6. The van der Waals surface area contributed by atoms with E-state index in [0.717, 1.165) is 5.56 Å². The van der Waals surface area contributed by atoms with Crippen molar-refractivity contribution in [2.75, 3.05) is 12.4 Å². The molecule has 2 aromatic rings. The van der Waals surface area contributed by atoms with Gasteiger partial charge in [0.15, 0.2) is 5.16 Å². The summed E-state index contributed by atoms with van der Waals surface area (Å²) in [6.07, 6.45) is 3.37. The summed E-state index contributed by atoms with van der Waals surface area (Å²) in [6, 6.07) is 2.77. The molecule has 0 unspecified atom stereocenters. The van der Waals surface area contributed by atoms with Gasteiger partial charge in [0, 0.05) is 25.5 Å². The van der Waals surface area contributed by atoms with E-state index in [1.54, 1.807) is 19.4 Å². The van der Waals surface area contributed by atoms with Crippen molar-refractivity contribution in [1.82, 2.24) is 15.0 Å². The van der Waals surface area contributed by atoms with E-state index < -0.39 is 4.92 Å². The third-order valence-corrected chi connectivity index (χ3v) is 3.02. The fourth-order valence-corrected chi connectivity index (χ4v) is 2.03. The van der Waals surface area contributed by atoms with Crippen LogP contribution >= 0.6 is 11.8 Å². The molecule has 0 saturated carbocycles. The molecule has 0 aliphatic carbocycles. The van der Waals surface area contributed by atoms with Crippen molar-refractivity contribution in [1.29, 1.82) is 0 Å². The summed E-state index contributed by atoms with van der Waals surface area (Å²) >= 11 is 1.18. The highest BCUT2D eigenvalue weighted by atomic mass is 32.2. The number of aryl methyl sites for hydroxylation is 1. The summed E-state index contributed by atoms with van der Waals surface area (Å²) < 4.78 is 0. The molecule has 0 radical (unpaired) electrons. The number of nitrogens with zero attached hydrogens (tertiary/aromatic N) is 4. The van der Waals surface area contributed by atoms with Gasteiger partial charge in [-0.25, -0.2) is 15.0 Å². The smallest absolute Gasteiger partial charge is 0.275 e. The van der Waals surface area contributed by atoms with Crippen LogP contribution in [0, 0.1) is 17.0 Å². The fraction of sp³-hybridized carbons (Fsp3) is 0.182. The van der Waals surface area contributed by atoms with Crippen molar-refractivity contribution < 1.29 is 4.92 Å². The number of hydrogen-bond donors (Lipinski definition) is 1. The molecule has 8 heteroatoms. The largest absolute Gasteiger partial charge is 0.373 e. The average molecular weight is 277 g/mol. The predicted octanol–water partition coefficient (Wildman–Crippen LogP) is 2.28. The maximum atomic E-state index is 10.8. The normalized spacial score (nSPS) is 10.2. The van der Waals surface area contributed by atoms with E-state index in [1.807, 2.05) is 6.92 Å². The third-order valence-electron chi connectivity index (χ3n) is 2.21. The molecular weight excluding hydrogens is 266 g/mol. The fourth-order valence-electron chi connectivity index (χ4n) is 1.30. The molecule has 0 bridgehead atoms. The second kappa shape index (κ2) is 5.61. The zero-order chi connectivity index (χ0) is 13.8. The van der Waals surface area contributed by atoms with Gasteiger partial charge >= 0.3 is 0 Å². The molecule has 19 heavy (non-hydrogen) atoms. The molecule has 0 aliphatic heterocycles. The van der Waals surface area contributed by atoms with E-state index in [9.17, 15) is 10.1 Å². The van der Waals surface area contributed by atoms with E-state index in [4.69, 9.17) is 0 Å². The summed E-state index contributed by atoms with van der Waals surface area (Å²) in [4.78, 5) is 22.8. The van der Waals surface area contributed by atoms with Crippen molar-refractivity contribution in [3.63, 3.8) is 0 Å². The van der Waals surface area contributed by atoms with Crippen molar-refractivity contribution >= 4 is 23.3 Å². The topological polar surface area (TPSA) is 93.8 Å². The maximum Gasteiger partial charge on any atom is 0.275 e. The van der Waals surface area contributed by atoms with Crippen LogP contribution in [0.25, 0.3) is 0 Å². The summed E-state index contributed by atoms with van der Waals surface area (Å²) in [7, 11) is 1.66. The van der Waals surface area contributed by atoms with Crippen LogP contribution in [-0.2, 0) is 0 Å². The monoisotopic (exact) mass is 277 g/mol. The molecule has 1 N–H and O–H groups in total. The molecule has 0 spiro atoms. The third kappa shape index (κ3) is 3.38. The Morgan fingerprint density at radius 1 is 1.32 bits per heavy atom. The minimum absolute atomic E-state index is 0.0195. The second-order valence-corrected chi connectivity index (χ2v) is 4.69. The minimum Gasteiger partial charge on any atom is -0.373 e. The average Bonchev–Trinajstić information content (AvgIpc) is 2.41. The first-order valence-electron chi connectivity index (χ1n) is 5.39. The maximum absolute atomic E-state index is 10.8. The van der Waals surface area contributed by atoms with Gasteiger partial charge in [0.2, 0.25) is 0 Å². The number of pyridine rings is 1. The molecule has 0 aliphatic rings. The molecule has 98 valence electrons. The molecule has 0 amide bonds. The van der Waals surface area contributed by atoms with Crippen molar-refractivity contribution in [3.05, 3.63) is 40.2 Å². The van der Waals surface area contributed by atoms with Crippen LogP contribution in [0.2, 0.25) is 0 Å². The van der Waals surface area contributed by atoms with Gasteiger partial charge in [0.25, 0.3) is 5.69 Å². The first-order valence-corrected chi connectivity index (χ1v) is 6.21. The number of rotatable bonds is 4. The van der Waals surface area contributed by atoms with Crippen LogP contribution in [0.15, 0.2) is 34.7 Å². The molecule has 2 rings (SSSR count). The molecule has 0 atom stereocenters. The second-order valence-electron chi connectivity index (χ2n) is 3.70. The van der Waals surface area contributed by atoms with Gasteiger partial charge in [-0.3, -0.25) is 10.1 Å². The Morgan fingerprint density at radius 3 is 2.58 bits per heavy atom. The Bertz CT molecular complexity index is 603. The first-order chi connectivity index (χ1) is 9.08. The van der Waals surface area contributed by atoms with E-state index >= 15 is 0 Å². The standard InChI is InChI=1S/C11H11N5O2S/c1-7-5-13-11(14-6-7)19-10-4-8(16(17)18)3-9(12-2)15-10/h3-6H,1-2H3,(H,12,15). The lowest BCUT2D eigenvalue weighted by Gasteiger charge is -2.03. The van der Waals surface area contributed by atoms with E-state index in [1.165, 1.54) is 23.9 Å². The molecule has 2 aromatic heterocycles.